The molecule has 0 unspecified atom stereocenters. The number of alkyl halides is 2. The van der Waals surface area contributed by atoms with E-state index in [0.717, 1.165) is 6.07 Å². The van der Waals surface area contributed by atoms with Crippen molar-refractivity contribution >= 4 is 22.6 Å². The van der Waals surface area contributed by atoms with Crippen LogP contribution in [0.2, 0.25) is 0 Å². The molecule has 0 radical (unpaired) electrons. The number of halogens is 3. The van der Waals surface area contributed by atoms with E-state index in [1.165, 1.54) is 0 Å². The largest absolute Gasteiger partial charge is 0.505 e. The maximum atomic E-state index is 12.4. The van der Waals surface area contributed by atoms with Crippen molar-refractivity contribution in [1.82, 2.24) is 4.98 Å². The molecule has 0 aliphatic heterocycles. The Morgan fingerprint density at radius 3 is 2.79 bits per heavy atom. The number of hydrogen-bond acceptors (Lipinski definition) is 3. The van der Waals surface area contributed by atoms with Crippen LogP contribution in [0.25, 0.3) is 0 Å². The standard InChI is InChI=1S/C8H5F2IN2O/c9-7(10)5-3-4(1-2-12)13-8(11)6(5)14/h3,7,14H,1H2. The molecule has 0 bridgehead atoms. The van der Waals surface area contributed by atoms with Crippen LogP contribution in [0.4, 0.5) is 8.78 Å². The van der Waals surface area contributed by atoms with Gasteiger partial charge in [-0.1, -0.05) is 0 Å². The summed E-state index contributed by atoms with van der Waals surface area (Å²) in [5.41, 5.74) is -0.236. The van der Waals surface area contributed by atoms with Crippen LogP contribution in [0.3, 0.4) is 0 Å². The van der Waals surface area contributed by atoms with Crippen molar-refractivity contribution in [2.24, 2.45) is 0 Å². The Morgan fingerprint density at radius 1 is 1.64 bits per heavy atom. The topological polar surface area (TPSA) is 56.9 Å². The van der Waals surface area contributed by atoms with E-state index in [1.54, 1.807) is 28.7 Å². The zero-order valence-electron chi connectivity index (χ0n) is 6.84. The van der Waals surface area contributed by atoms with E-state index in [9.17, 15) is 13.9 Å². The van der Waals surface area contributed by atoms with E-state index >= 15 is 0 Å². The Kier molecular flexibility index (Phi) is 3.57. The summed E-state index contributed by atoms with van der Waals surface area (Å²) < 4.78 is 24.8. The number of nitrogens with zero attached hydrogens (tertiary/aromatic N) is 2. The molecule has 0 spiro atoms. The zero-order chi connectivity index (χ0) is 10.7. The van der Waals surface area contributed by atoms with Crippen molar-refractivity contribution in [3.05, 3.63) is 21.0 Å². The van der Waals surface area contributed by atoms with Gasteiger partial charge in [0, 0.05) is 0 Å². The second kappa shape index (κ2) is 4.50. The van der Waals surface area contributed by atoms with Crippen molar-refractivity contribution in [3.8, 4) is 11.8 Å². The van der Waals surface area contributed by atoms with Gasteiger partial charge in [0.15, 0.2) is 5.75 Å². The molecule has 0 saturated heterocycles. The van der Waals surface area contributed by atoms with Gasteiger partial charge in [-0.25, -0.2) is 13.8 Å². The predicted octanol–water partition coefficient (Wildman–Crippen LogP) is 2.40. The number of rotatable bonds is 2. The SMILES string of the molecule is N#CCc1cc(C(F)F)c(O)c(I)n1. The maximum absolute atomic E-state index is 12.4. The highest BCUT2D eigenvalue weighted by molar-refractivity contribution is 14.1. The van der Waals surface area contributed by atoms with E-state index in [0.29, 0.717) is 0 Å². The fourth-order valence-electron chi connectivity index (χ4n) is 0.916. The minimum atomic E-state index is -2.76. The summed E-state index contributed by atoms with van der Waals surface area (Å²) in [7, 11) is 0. The Labute approximate surface area is 92.5 Å². The lowest BCUT2D eigenvalue weighted by Crippen LogP contribution is -1.97. The molecule has 0 aliphatic carbocycles. The number of nitriles is 1. The van der Waals surface area contributed by atoms with E-state index in [4.69, 9.17) is 5.26 Å². The maximum Gasteiger partial charge on any atom is 0.267 e. The summed E-state index contributed by atoms with van der Waals surface area (Å²) >= 11 is 1.64. The predicted molar refractivity (Wildman–Crippen MR) is 52.9 cm³/mol. The van der Waals surface area contributed by atoms with Gasteiger partial charge in [-0.3, -0.25) is 0 Å². The molecule has 0 aromatic carbocycles. The zero-order valence-corrected chi connectivity index (χ0v) is 8.99. The average molecular weight is 310 g/mol. The highest BCUT2D eigenvalue weighted by Gasteiger charge is 2.17. The highest BCUT2D eigenvalue weighted by Crippen LogP contribution is 2.31. The summed E-state index contributed by atoms with van der Waals surface area (Å²) in [6, 6.07) is 2.85. The molecule has 0 amide bonds. The third-order valence-corrected chi connectivity index (χ3v) is 2.28. The van der Waals surface area contributed by atoms with Gasteiger partial charge in [0.2, 0.25) is 0 Å². The van der Waals surface area contributed by atoms with Crippen molar-refractivity contribution < 1.29 is 13.9 Å². The average Bonchev–Trinajstić information content (AvgIpc) is 2.11. The quantitative estimate of drug-likeness (QED) is 0.674. The van der Waals surface area contributed by atoms with Gasteiger partial charge >= 0.3 is 0 Å². The molecule has 74 valence electrons. The molecule has 1 N–H and O–H groups in total. The lowest BCUT2D eigenvalue weighted by atomic mass is 10.2. The van der Waals surface area contributed by atoms with Gasteiger partial charge in [-0.2, -0.15) is 5.26 Å². The monoisotopic (exact) mass is 310 g/mol. The summed E-state index contributed by atoms with van der Waals surface area (Å²) in [5, 5.41) is 17.6. The van der Waals surface area contributed by atoms with Crippen molar-refractivity contribution in [2.75, 3.05) is 0 Å². The number of pyridine rings is 1. The van der Waals surface area contributed by atoms with Gasteiger partial charge in [0.25, 0.3) is 6.43 Å². The fraction of sp³-hybridized carbons (Fsp3) is 0.250. The van der Waals surface area contributed by atoms with Crippen LogP contribution in [0, 0.1) is 15.0 Å². The number of aromatic nitrogens is 1. The van der Waals surface area contributed by atoms with Gasteiger partial charge in [0.1, 0.15) is 3.70 Å². The normalized spacial score (nSPS) is 10.2. The second-order valence-corrected chi connectivity index (χ2v) is 3.50. The lowest BCUT2D eigenvalue weighted by Gasteiger charge is -2.06. The second-order valence-electron chi connectivity index (χ2n) is 2.48. The molecule has 1 heterocycles. The number of hydrogen-bond donors (Lipinski definition) is 1. The summed E-state index contributed by atoms with van der Waals surface area (Å²) in [6.45, 7) is 0. The van der Waals surface area contributed by atoms with Gasteiger partial charge in [-0.05, 0) is 28.7 Å². The van der Waals surface area contributed by atoms with Crippen LogP contribution < -0.4 is 0 Å². The van der Waals surface area contributed by atoms with Gasteiger partial charge < -0.3 is 5.11 Å². The van der Waals surface area contributed by atoms with E-state index in [-0.39, 0.29) is 15.8 Å². The van der Waals surface area contributed by atoms with Crippen LogP contribution in [-0.4, -0.2) is 10.1 Å². The molecule has 1 aromatic rings. The van der Waals surface area contributed by atoms with Crippen LogP contribution in [0.5, 0.6) is 5.75 Å². The molecule has 0 fully saturated rings. The third-order valence-electron chi connectivity index (χ3n) is 1.53. The lowest BCUT2D eigenvalue weighted by molar-refractivity contribution is 0.147. The van der Waals surface area contributed by atoms with Crippen molar-refractivity contribution in [1.29, 1.82) is 5.26 Å². The molecular formula is C8H5F2IN2O. The smallest absolute Gasteiger partial charge is 0.267 e. The first kappa shape index (κ1) is 11.1. The molecule has 1 aromatic heterocycles. The first-order valence-electron chi connectivity index (χ1n) is 3.59. The first-order chi connectivity index (χ1) is 6.56. The van der Waals surface area contributed by atoms with Gasteiger partial charge in [0.05, 0.1) is 23.7 Å². The molecule has 0 aliphatic rings. The van der Waals surface area contributed by atoms with Gasteiger partial charge in [-0.15, -0.1) is 0 Å². The Balaban J connectivity index is 3.22. The minimum Gasteiger partial charge on any atom is -0.505 e. The van der Waals surface area contributed by atoms with E-state index < -0.39 is 17.7 Å². The summed E-state index contributed by atoms with van der Waals surface area (Å²) in [6.07, 6.45) is -2.81. The summed E-state index contributed by atoms with van der Waals surface area (Å²) in [4.78, 5) is 3.79. The Bertz CT molecular complexity index is 390. The van der Waals surface area contributed by atoms with Crippen molar-refractivity contribution in [3.63, 3.8) is 0 Å². The molecule has 1 rings (SSSR count). The van der Waals surface area contributed by atoms with Crippen LogP contribution >= 0.6 is 22.6 Å². The molecular weight excluding hydrogens is 305 g/mol. The first-order valence-corrected chi connectivity index (χ1v) is 4.67. The Morgan fingerprint density at radius 2 is 2.29 bits per heavy atom. The molecule has 3 nitrogen and oxygen atoms in total. The van der Waals surface area contributed by atoms with E-state index in [2.05, 4.69) is 4.98 Å². The highest BCUT2D eigenvalue weighted by atomic mass is 127. The summed E-state index contributed by atoms with van der Waals surface area (Å²) in [5.74, 6) is -0.512. The minimum absolute atomic E-state index is 0.0456. The number of aromatic hydroxyl groups is 1. The van der Waals surface area contributed by atoms with Crippen LogP contribution in [0.1, 0.15) is 17.7 Å². The Hall–Kier alpha value is -0.970. The molecule has 0 saturated carbocycles. The molecule has 0 atom stereocenters. The van der Waals surface area contributed by atoms with E-state index in [1.807, 2.05) is 0 Å². The molecule has 14 heavy (non-hydrogen) atoms. The molecule has 6 heteroatoms. The van der Waals surface area contributed by atoms with Crippen LogP contribution in [0.15, 0.2) is 6.07 Å². The van der Waals surface area contributed by atoms with Crippen molar-refractivity contribution in [2.45, 2.75) is 12.8 Å². The van der Waals surface area contributed by atoms with Crippen LogP contribution in [-0.2, 0) is 6.42 Å². The fourth-order valence-corrected chi connectivity index (χ4v) is 1.54. The third kappa shape index (κ3) is 2.29.